The maximum Gasteiger partial charge on any atom is 0.257 e. The van der Waals surface area contributed by atoms with Gasteiger partial charge in [-0.05, 0) is 19.9 Å². The maximum absolute atomic E-state index is 4.45. The molecule has 0 aromatic carbocycles. The van der Waals surface area contributed by atoms with Crippen LogP contribution in [0.4, 0.5) is 5.95 Å². The molecule has 0 aliphatic heterocycles. The number of aromatic nitrogens is 8. The summed E-state index contributed by atoms with van der Waals surface area (Å²) in [7, 11) is 0. The molecule has 0 fully saturated rings. The minimum absolute atomic E-state index is 0.414. The van der Waals surface area contributed by atoms with Crippen molar-refractivity contribution in [2.24, 2.45) is 0 Å². The van der Waals surface area contributed by atoms with Crippen molar-refractivity contribution >= 4 is 5.95 Å². The van der Waals surface area contributed by atoms with Crippen LogP contribution in [0.5, 0.6) is 0 Å². The Balaban J connectivity index is 2.11. The quantitative estimate of drug-likeness (QED) is 0.739. The Kier molecular flexibility index (Phi) is 3.54. The summed E-state index contributed by atoms with van der Waals surface area (Å²) < 4.78 is 3.33. The zero-order chi connectivity index (χ0) is 14.7. The van der Waals surface area contributed by atoms with Gasteiger partial charge in [0.2, 0.25) is 5.95 Å². The van der Waals surface area contributed by atoms with E-state index < -0.39 is 0 Å². The van der Waals surface area contributed by atoms with E-state index in [1.165, 1.54) is 11.0 Å². The fourth-order valence-corrected chi connectivity index (χ4v) is 1.91. The van der Waals surface area contributed by atoms with Crippen LogP contribution in [0.1, 0.15) is 13.8 Å². The molecule has 3 heterocycles. The lowest BCUT2D eigenvalue weighted by Gasteiger charge is -2.08. The Hall–Kier alpha value is -2.84. The number of nitrogens with zero attached hydrogens (tertiary/aromatic N) is 8. The Labute approximate surface area is 121 Å². The lowest BCUT2D eigenvalue weighted by Crippen LogP contribution is -2.11. The number of aryl methyl sites for hydroxylation is 1. The second-order valence-electron chi connectivity index (χ2n) is 4.19. The largest absolute Gasteiger partial charge is 0.354 e. The summed E-state index contributed by atoms with van der Waals surface area (Å²) >= 11 is 0. The summed E-state index contributed by atoms with van der Waals surface area (Å²) in [6.07, 6.45) is 4.71. The summed E-state index contributed by atoms with van der Waals surface area (Å²) in [5.74, 6) is 1.46. The molecule has 3 rings (SSSR count). The van der Waals surface area contributed by atoms with E-state index in [1.807, 2.05) is 24.6 Å². The van der Waals surface area contributed by atoms with Crippen LogP contribution in [0.25, 0.3) is 17.5 Å². The summed E-state index contributed by atoms with van der Waals surface area (Å²) in [5.41, 5.74) is 0.834. The molecule has 0 amide bonds. The van der Waals surface area contributed by atoms with Gasteiger partial charge in [0.05, 0.1) is 0 Å². The molecular formula is C12H15N9. The average Bonchev–Trinajstić information content (AvgIpc) is 3.18. The summed E-state index contributed by atoms with van der Waals surface area (Å²) in [4.78, 5) is 17.1. The Morgan fingerprint density at radius 2 is 2.05 bits per heavy atom. The molecule has 21 heavy (non-hydrogen) atoms. The number of hydrogen-bond acceptors (Lipinski definition) is 7. The topological polar surface area (TPSA) is 99.2 Å². The lowest BCUT2D eigenvalue weighted by atomic mass is 10.4. The van der Waals surface area contributed by atoms with Gasteiger partial charge in [-0.1, -0.05) is 0 Å². The van der Waals surface area contributed by atoms with Crippen LogP contribution < -0.4 is 5.32 Å². The monoisotopic (exact) mass is 285 g/mol. The molecule has 0 atom stereocenters. The first-order valence-electron chi connectivity index (χ1n) is 6.69. The molecule has 0 bridgehead atoms. The fraction of sp³-hybridized carbons (Fsp3) is 0.333. The minimum Gasteiger partial charge on any atom is -0.354 e. The average molecular weight is 285 g/mol. The van der Waals surface area contributed by atoms with Crippen molar-refractivity contribution in [1.82, 2.24) is 39.5 Å². The van der Waals surface area contributed by atoms with E-state index >= 15 is 0 Å². The normalized spacial score (nSPS) is 10.8. The van der Waals surface area contributed by atoms with E-state index in [-0.39, 0.29) is 0 Å². The van der Waals surface area contributed by atoms with E-state index in [2.05, 4.69) is 35.5 Å². The second kappa shape index (κ2) is 5.65. The predicted molar refractivity (Wildman–Crippen MR) is 75.8 cm³/mol. The van der Waals surface area contributed by atoms with E-state index in [9.17, 15) is 0 Å². The first kappa shape index (κ1) is 13.2. The van der Waals surface area contributed by atoms with Gasteiger partial charge in [0.1, 0.15) is 18.3 Å². The molecule has 0 saturated heterocycles. The molecule has 0 aliphatic rings. The van der Waals surface area contributed by atoms with Gasteiger partial charge < -0.3 is 5.32 Å². The number of rotatable bonds is 5. The third-order valence-corrected chi connectivity index (χ3v) is 2.83. The van der Waals surface area contributed by atoms with Crippen LogP contribution >= 0.6 is 0 Å². The smallest absolute Gasteiger partial charge is 0.257 e. The molecule has 0 spiro atoms. The van der Waals surface area contributed by atoms with Gasteiger partial charge in [-0.15, -0.1) is 0 Å². The lowest BCUT2D eigenvalue weighted by molar-refractivity contribution is 0.662. The zero-order valence-corrected chi connectivity index (χ0v) is 11.8. The SMILES string of the molecule is CCNc1nc(-c2ccnn2CC)nc(-n2cncn2)n1. The highest BCUT2D eigenvalue weighted by atomic mass is 15.4. The molecule has 3 aromatic heterocycles. The standard InChI is InChI=1S/C12H15N9/c1-3-14-11-17-10(9-5-6-15-20(9)4-2)18-12(19-11)21-8-13-7-16-21/h5-8H,3-4H2,1-2H3,(H,14,17,18,19). The predicted octanol–water partition coefficient (Wildman–Crippen LogP) is 0.767. The minimum atomic E-state index is 0.414. The van der Waals surface area contributed by atoms with Crippen molar-refractivity contribution in [3.05, 3.63) is 24.9 Å². The highest BCUT2D eigenvalue weighted by Crippen LogP contribution is 2.17. The molecule has 3 aromatic rings. The van der Waals surface area contributed by atoms with Gasteiger partial charge in [-0.25, -0.2) is 4.98 Å². The molecule has 1 N–H and O–H groups in total. The zero-order valence-electron chi connectivity index (χ0n) is 11.8. The Bertz CT molecular complexity index is 716. The van der Waals surface area contributed by atoms with Crippen molar-refractivity contribution in [3.63, 3.8) is 0 Å². The molecule has 108 valence electrons. The van der Waals surface area contributed by atoms with E-state index in [0.29, 0.717) is 24.3 Å². The molecule has 0 unspecified atom stereocenters. The van der Waals surface area contributed by atoms with Crippen molar-refractivity contribution in [2.75, 3.05) is 11.9 Å². The molecule has 0 radical (unpaired) electrons. The van der Waals surface area contributed by atoms with Gasteiger partial charge >= 0.3 is 0 Å². The molecule has 0 saturated carbocycles. The van der Waals surface area contributed by atoms with Crippen LogP contribution in [0, 0.1) is 0 Å². The van der Waals surface area contributed by atoms with Gasteiger partial charge in [0.25, 0.3) is 5.95 Å². The molecule has 0 aliphatic carbocycles. The van der Waals surface area contributed by atoms with Crippen LogP contribution in [-0.2, 0) is 6.54 Å². The highest BCUT2D eigenvalue weighted by molar-refractivity contribution is 5.52. The third kappa shape index (κ3) is 2.57. The molecule has 9 heteroatoms. The summed E-state index contributed by atoms with van der Waals surface area (Å²) in [5, 5.41) is 11.4. The Morgan fingerprint density at radius 3 is 2.76 bits per heavy atom. The van der Waals surface area contributed by atoms with Crippen LogP contribution in [-0.4, -0.2) is 46.0 Å². The van der Waals surface area contributed by atoms with Crippen molar-refractivity contribution in [1.29, 1.82) is 0 Å². The van der Waals surface area contributed by atoms with Crippen LogP contribution in [0.3, 0.4) is 0 Å². The Morgan fingerprint density at radius 1 is 1.14 bits per heavy atom. The molecular weight excluding hydrogens is 270 g/mol. The van der Waals surface area contributed by atoms with Gasteiger partial charge in [0.15, 0.2) is 5.82 Å². The first-order valence-corrected chi connectivity index (χ1v) is 6.69. The number of anilines is 1. The van der Waals surface area contributed by atoms with Gasteiger partial charge in [0, 0.05) is 19.3 Å². The summed E-state index contributed by atoms with van der Waals surface area (Å²) in [6, 6.07) is 1.87. The van der Waals surface area contributed by atoms with Gasteiger partial charge in [-0.3, -0.25) is 4.68 Å². The van der Waals surface area contributed by atoms with Crippen molar-refractivity contribution < 1.29 is 0 Å². The van der Waals surface area contributed by atoms with Crippen LogP contribution in [0.15, 0.2) is 24.9 Å². The number of nitrogens with one attached hydrogen (secondary N) is 1. The number of hydrogen-bond donors (Lipinski definition) is 1. The van der Waals surface area contributed by atoms with E-state index in [1.54, 1.807) is 12.5 Å². The van der Waals surface area contributed by atoms with E-state index in [0.717, 1.165) is 12.2 Å². The van der Waals surface area contributed by atoms with Gasteiger partial charge in [-0.2, -0.15) is 29.8 Å². The van der Waals surface area contributed by atoms with Crippen molar-refractivity contribution in [2.45, 2.75) is 20.4 Å². The fourth-order valence-electron chi connectivity index (χ4n) is 1.91. The highest BCUT2D eigenvalue weighted by Gasteiger charge is 2.13. The maximum atomic E-state index is 4.45. The van der Waals surface area contributed by atoms with Crippen LogP contribution in [0.2, 0.25) is 0 Å². The second-order valence-corrected chi connectivity index (χ2v) is 4.19. The van der Waals surface area contributed by atoms with E-state index in [4.69, 9.17) is 0 Å². The molecule has 9 nitrogen and oxygen atoms in total. The van der Waals surface area contributed by atoms with Crippen molar-refractivity contribution in [3.8, 4) is 17.5 Å². The summed E-state index contributed by atoms with van der Waals surface area (Å²) in [6.45, 7) is 5.45. The first-order chi connectivity index (χ1) is 10.3. The third-order valence-electron chi connectivity index (χ3n) is 2.83.